The Bertz CT molecular complexity index is 754. The van der Waals surface area contributed by atoms with Gasteiger partial charge in [-0.05, 0) is 30.7 Å². The zero-order chi connectivity index (χ0) is 14.1. The van der Waals surface area contributed by atoms with Crippen LogP contribution >= 0.6 is 15.9 Å². The molecule has 2 heterocycles. The van der Waals surface area contributed by atoms with Crippen LogP contribution in [0, 0.1) is 6.92 Å². The Morgan fingerprint density at radius 3 is 2.60 bits per heavy atom. The molecule has 0 saturated carbocycles. The van der Waals surface area contributed by atoms with Gasteiger partial charge in [0.15, 0.2) is 0 Å². The van der Waals surface area contributed by atoms with Gasteiger partial charge in [0.05, 0.1) is 5.56 Å². The number of aryl methyl sites for hydroxylation is 1. The molecule has 2 N–H and O–H groups in total. The average Bonchev–Trinajstić information content (AvgIpc) is 2.89. The van der Waals surface area contributed by atoms with E-state index in [1.165, 1.54) is 0 Å². The van der Waals surface area contributed by atoms with Gasteiger partial charge in [-0.15, -0.1) is 0 Å². The summed E-state index contributed by atoms with van der Waals surface area (Å²) in [5.41, 5.74) is 8.13. The Morgan fingerprint density at radius 1 is 1.15 bits per heavy atom. The summed E-state index contributed by atoms with van der Waals surface area (Å²) in [5, 5.41) is 3.88. The fourth-order valence-corrected chi connectivity index (χ4v) is 2.04. The molecule has 0 atom stereocenters. The number of aromatic nitrogens is 4. The maximum absolute atomic E-state index is 5.93. The molecule has 100 valence electrons. The summed E-state index contributed by atoms with van der Waals surface area (Å²) >= 11 is 3.35. The van der Waals surface area contributed by atoms with Crippen molar-refractivity contribution in [3.8, 4) is 23.1 Å². The molecule has 0 bridgehead atoms. The fraction of sp³-hybridized carbons (Fsp3) is 0.0769. The van der Waals surface area contributed by atoms with E-state index in [2.05, 4.69) is 36.0 Å². The topological polar surface area (TPSA) is 90.7 Å². The van der Waals surface area contributed by atoms with Gasteiger partial charge < -0.3 is 10.3 Å². The second kappa shape index (κ2) is 5.01. The Hall–Kier alpha value is -2.28. The highest BCUT2D eigenvalue weighted by Crippen LogP contribution is 2.28. The summed E-state index contributed by atoms with van der Waals surface area (Å²) in [6, 6.07) is 5.45. The minimum atomic E-state index is 0.335. The summed E-state index contributed by atoms with van der Waals surface area (Å²) in [5.74, 6) is 1.10. The Labute approximate surface area is 123 Å². The van der Waals surface area contributed by atoms with E-state index in [9.17, 15) is 0 Å². The smallest absolute Gasteiger partial charge is 0.260 e. The molecule has 0 aliphatic rings. The third-order valence-electron chi connectivity index (χ3n) is 2.65. The molecular formula is C13H10BrN5O. The number of hydrogen-bond acceptors (Lipinski definition) is 6. The van der Waals surface area contributed by atoms with Crippen LogP contribution in [0.5, 0.6) is 0 Å². The lowest BCUT2D eigenvalue weighted by Crippen LogP contribution is -1.92. The van der Waals surface area contributed by atoms with Gasteiger partial charge in [0, 0.05) is 22.6 Å². The van der Waals surface area contributed by atoms with Crippen LogP contribution in [0.2, 0.25) is 0 Å². The molecule has 0 fully saturated rings. The number of benzene rings is 1. The van der Waals surface area contributed by atoms with Crippen molar-refractivity contribution < 1.29 is 4.52 Å². The summed E-state index contributed by atoms with van der Waals surface area (Å²) in [4.78, 5) is 12.6. The minimum Gasteiger partial charge on any atom is -0.398 e. The van der Waals surface area contributed by atoms with Gasteiger partial charge in [0.2, 0.25) is 11.6 Å². The van der Waals surface area contributed by atoms with Crippen LogP contribution in [0.4, 0.5) is 5.69 Å². The first-order valence-electron chi connectivity index (χ1n) is 5.81. The molecular weight excluding hydrogens is 322 g/mol. The predicted octanol–water partition coefficient (Wildman–Crippen LogP) is 2.85. The summed E-state index contributed by atoms with van der Waals surface area (Å²) in [6.07, 6.45) is 3.40. The van der Waals surface area contributed by atoms with E-state index >= 15 is 0 Å². The van der Waals surface area contributed by atoms with Crippen LogP contribution in [0.15, 0.2) is 39.6 Å². The fourth-order valence-electron chi connectivity index (χ4n) is 1.66. The highest BCUT2D eigenvalue weighted by Gasteiger charge is 2.14. The standard InChI is InChI=1S/C13H10BrN5O/c1-7-5-16-11(17-6-7)12-18-13(20-19-12)9-3-2-8(14)4-10(9)15/h2-6H,15H2,1H3. The summed E-state index contributed by atoms with van der Waals surface area (Å²) in [6.45, 7) is 1.91. The monoisotopic (exact) mass is 331 g/mol. The van der Waals surface area contributed by atoms with Crippen molar-refractivity contribution >= 4 is 21.6 Å². The van der Waals surface area contributed by atoms with Crippen molar-refractivity contribution in [1.29, 1.82) is 0 Å². The van der Waals surface area contributed by atoms with Gasteiger partial charge in [0.1, 0.15) is 0 Å². The van der Waals surface area contributed by atoms with Crippen LogP contribution < -0.4 is 5.73 Å². The molecule has 0 amide bonds. The van der Waals surface area contributed by atoms with Gasteiger partial charge in [0.25, 0.3) is 5.89 Å². The molecule has 3 aromatic rings. The predicted molar refractivity (Wildman–Crippen MR) is 77.6 cm³/mol. The first-order chi connectivity index (χ1) is 9.63. The average molecular weight is 332 g/mol. The van der Waals surface area contributed by atoms with E-state index in [-0.39, 0.29) is 0 Å². The molecule has 0 aliphatic carbocycles. The number of nitrogens with zero attached hydrogens (tertiary/aromatic N) is 4. The molecule has 0 aliphatic heterocycles. The molecule has 20 heavy (non-hydrogen) atoms. The second-order valence-corrected chi connectivity index (χ2v) is 5.15. The van der Waals surface area contributed by atoms with Crippen LogP contribution in [0.25, 0.3) is 23.1 Å². The first kappa shape index (κ1) is 12.7. The van der Waals surface area contributed by atoms with Crippen LogP contribution in [-0.4, -0.2) is 20.1 Å². The van der Waals surface area contributed by atoms with Crippen LogP contribution in [0.3, 0.4) is 0 Å². The number of hydrogen-bond donors (Lipinski definition) is 1. The first-order valence-corrected chi connectivity index (χ1v) is 6.61. The Balaban J connectivity index is 1.99. The Morgan fingerprint density at radius 2 is 1.90 bits per heavy atom. The molecule has 3 rings (SSSR count). The number of anilines is 1. The largest absolute Gasteiger partial charge is 0.398 e. The van der Waals surface area contributed by atoms with Crippen molar-refractivity contribution in [2.45, 2.75) is 6.92 Å². The summed E-state index contributed by atoms with van der Waals surface area (Å²) < 4.78 is 6.11. The molecule has 0 radical (unpaired) electrons. The zero-order valence-corrected chi connectivity index (χ0v) is 12.1. The molecule has 7 heteroatoms. The quantitative estimate of drug-likeness (QED) is 0.726. The van der Waals surface area contributed by atoms with E-state index in [1.54, 1.807) is 18.5 Å². The number of rotatable bonds is 2. The van der Waals surface area contributed by atoms with Gasteiger partial charge in [-0.25, -0.2) is 9.97 Å². The van der Waals surface area contributed by atoms with Gasteiger partial charge in [-0.1, -0.05) is 21.1 Å². The molecule has 0 unspecified atom stereocenters. The van der Waals surface area contributed by atoms with Crippen molar-refractivity contribution in [1.82, 2.24) is 20.1 Å². The van der Waals surface area contributed by atoms with E-state index in [0.717, 1.165) is 10.0 Å². The van der Waals surface area contributed by atoms with E-state index < -0.39 is 0 Å². The third-order valence-corrected chi connectivity index (χ3v) is 3.14. The Kier molecular flexibility index (Phi) is 3.19. The van der Waals surface area contributed by atoms with Crippen molar-refractivity contribution in [3.63, 3.8) is 0 Å². The normalized spacial score (nSPS) is 10.7. The van der Waals surface area contributed by atoms with Crippen molar-refractivity contribution in [2.75, 3.05) is 5.73 Å². The number of nitrogen functional groups attached to an aromatic ring is 1. The minimum absolute atomic E-state index is 0.335. The highest BCUT2D eigenvalue weighted by atomic mass is 79.9. The van der Waals surface area contributed by atoms with E-state index in [0.29, 0.717) is 28.8 Å². The van der Waals surface area contributed by atoms with Gasteiger partial charge >= 0.3 is 0 Å². The maximum atomic E-state index is 5.93. The maximum Gasteiger partial charge on any atom is 0.260 e. The summed E-state index contributed by atoms with van der Waals surface area (Å²) in [7, 11) is 0. The molecule has 2 aromatic heterocycles. The molecule has 6 nitrogen and oxygen atoms in total. The van der Waals surface area contributed by atoms with Gasteiger partial charge in [-0.2, -0.15) is 4.98 Å². The molecule has 0 spiro atoms. The molecule has 1 aromatic carbocycles. The number of nitrogens with two attached hydrogens (primary N) is 1. The lowest BCUT2D eigenvalue weighted by atomic mass is 10.2. The molecule has 0 saturated heterocycles. The SMILES string of the molecule is Cc1cnc(-c2noc(-c3ccc(Br)cc3N)n2)nc1. The van der Waals surface area contributed by atoms with Crippen molar-refractivity contribution in [2.24, 2.45) is 0 Å². The van der Waals surface area contributed by atoms with Crippen LogP contribution in [0.1, 0.15) is 5.56 Å². The van der Waals surface area contributed by atoms with Crippen molar-refractivity contribution in [3.05, 3.63) is 40.6 Å². The lowest BCUT2D eigenvalue weighted by molar-refractivity contribution is 0.432. The van der Waals surface area contributed by atoms with E-state index in [4.69, 9.17) is 10.3 Å². The lowest BCUT2D eigenvalue weighted by Gasteiger charge is -2.00. The highest BCUT2D eigenvalue weighted by molar-refractivity contribution is 9.10. The number of halogens is 1. The third kappa shape index (κ3) is 2.39. The van der Waals surface area contributed by atoms with Crippen LogP contribution in [-0.2, 0) is 0 Å². The zero-order valence-electron chi connectivity index (χ0n) is 10.5. The van der Waals surface area contributed by atoms with Gasteiger partial charge in [-0.3, -0.25) is 0 Å². The van der Waals surface area contributed by atoms with E-state index in [1.807, 2.05) is 19.1 Å². The second-order valence-electron chi connectivity index (χ2n) is 4.24.